The van der Waals surface area contributed by atoms with Crippen LogP contribution in [0.3, 0.4) is 0 Å². The summed E-state index contributed by atoms with van der Waals surface area (Å²) in [5, 5.41) is 16.5. The summed E-state index contributed by atoms with van der Waals surface area (Å²) in [6.07, 6.45) is 6.56. The van der Waals surface area contributed by atoms with Gasteiger partial charge >= 0.3 is 5.97 Å². The third-order valence-electron chi connectivity index (χ3n) is 4.78. The van der Waals surface area contributed by atoms with Crippen LogP contribution < -0.4 is 0 Å². The largest absolute Gasteiger partial charge is 0.466 e. The fraction of sp³-hybridized carbons (Fsp3) is 0.444. The number of benzene rings is 1. The van der Waals surface area contributed by atoms with Crippen molar-refractivity contribution < 1.29 is 14.5 Å². The molecule has 1 aromatic heterocycles. The number of hydrogen-bond donors (Lipinski definition) is 0. The van der Waals surface area contributed by atoms with Crippen molar-refractivity contribution in [3.63, 3.8) is 0 Å². The summed E-state index contributed by atoms with van der Waals surface area (Å²) in [7, 11) is 0. The first kappa shape index (κ1) is 17.1. The van der Waals surface area contributed by atoms with Crippen LogP contribution in [0.25, 0.3) is 17.0 Å². The standard InChI is InChI=1S/C18H21N3O4/c1-3-12-9-16-14(10-17(12)21(23)24)11-20(19-16)15-7-5-13(6-8-15)18(22)25-4-2/h3,9-11,13,15H,1,4-8H2,2H3/t13-,15-. The van der Waals surface area contributed by atoms with Gasteiger partial charge in [-0.3, -0.25) is 19.6 Å². The zero-order valence-electron chi connectivity index (χ0n) is 14.2. The van der Waals surface area contributed by atoms with Gasteiger partial charge in [0, 0.05) is 17.6 Å². The van der Waals surface area contributed by atoms with Crippen molar-refractivity contribution in [1.29, 1.82) is 0 Å². The maximum Gasteiger partial charge on any atom is 0.308 e. The highest BCUT2D eigenvalue weighted by Crippen LogP contribution is 2.34. The summed E-state index contributed by atoms with van der Waals surface area (Å²) in [5.74, 6) is -0.146. The normalized spacial score (nSPS) is 20.4. The van der Waals surface area contributed by atoms with Crippen LogP contribution in [-0.2, 0) is 9.53 Å². The fourth-order valence-corrected chi connectivity index (χ4v) is 3.44. The van der Waals surface area contributed by atoms with E-state index in [1.54, 1.807) is 12.1 Å². The second kappa shape index (κ2) is 7.04. The Labute approximate surface area is 145 Å². The van der Waals surface area contributed by atoms with E-state index in [2.05, 4.69) is 11.7 Å². The van der Waals surface area contributed by atoms with Crippen LogP contribution in [0.2, 0.25) is 0 Å². The molecule has 0 amide bonds. The van der Waals surface area contributed by atoms with E-state index in [4.69, 9.17) is 4.74 Å². The Bertz CT molecular complexity index is 819. The predicted octanol–water partition coefficient (Wildman–Crippen LogP) is 3.88. The van der Waals surface area contributed by atoms with Crippen LogP contribution in [0.1, 0.15) is 44.2 Å². The number of carbonyl (C=O) groups excluding carboxylic acids is 1. The van der Waals surface area contributed by atoms with Crippen LogP contribution in [0.15, 0.2) is 24.9 Å². The molecule has 1 aliphatic carbocycles. The molecule has 2 aromatic rings. The van der Waals surface area contributed by atoms with Crippen LogP contribution in [0.5, 0.6) is 0 Å². The Morgan fingerprint density at radius 1 is 1.44 bits per heavy atom. The van der Waals surface area contributed by atoms with Gasteiger partial charge in [0.25, 0.3) is 5.69 Å². The molecule has 1 heterocycles. The van der Waals surface area contributed by atoms with Crippen molar-refractivity contribution in [3.8, 4) is 0 Å². The molecule has 7 heteroatoms. The summed E-state index contributed by atoms with van der Waals surface area (Å²) in [6.45, 7) is 5.86. The Hall–Kier alpha value is -2.70. The van der Waals surface area contributed by atoms with Crippen molar-refractivity contribution in [2.45, 2.75) is 38.6 Å². The highest BCUT2D eigenvalue weighted by molar-refractivity contribution is 5.85. The molecule has 132 valence electrons. The SMILES string of the molecule is C=Cc1cc2nn([C@H]3CC[C@H](C(=O)OCC)CC3)cc2cc1[N+](=O)[O-]. The quantitative estimate of drug-likeness (QED) is 0.467. The number of hydrogen-bond acceptors (Lipinski definition) is 5. The zero-order chi connectivity index (χ0) is 18.0. The van der Waals surface area contributed by atoms with E-state index < -0.39 is 4.92 Å². The van der Waals surface area contributed by atoms with Gasteiger partial charge in [-0.2, -0.15) is 5.10 Å². The van der Waals surface area contributed by atoms with E-state index in [9.17, 15) is 14.9 Å². The topological polar surface area (TPSA) is 87.3 Å². The monoisotopic (exact) mass is 343 g/mol. The van der Waals surface area contributed by atoms with Gasteiger partial charge in [-0.05, 0) is 38.7 Å². The van der Waals surface area contributed by atoms with E-state index >= 15 is 0 Å². The number of ether oxygens (including phenoxy) is 1. The first-order valence-corrected chi connectivity index (χ1v) is 8.49. The second-order valence-corrected chi connectivity index (χ2v) is 6.30. The van der Waals surface area contributed by atoms with E-state index in [-0.39, 0.29) is 23.6 Å². The van der Waals surface area contributed by atoms with E-state index in [0.717, 1.165) is 31.1 Å². The minimum absolute atomic E-state index is 0.0327. The maximum atomic E-state index is 11.8. The van der Waals surface area contributed by atoms with Crippen molar-refractivity contribution in [2.75, 3.05) is 6.61 Å². The third-order valence-corrected chi connectivity index (χ3v) is 4.78. The molecule has 0 saturated heterocycles. The molecule has 1 fully saturated rings. The van der Waals surface area contributed by atoms with Crippen LogP contribution >= 0.6 is 0 Å². The first-order valence-electron chi connectivity index (χ1n) is 8.49. The molecule has 1 aliphatic rings. The van der Waals surface area contributed by atoms with Gasteiger partial charge in [0.1, 0.15) is 0 Å². The molecule has 0 N–H and O–H groups in total. The average molecular weight is 343 g/mol. The number of esters is 1. The summed E-state index contributed by atoms with van der Waals surface area (Å²) in [6, 6.07) is 3.44. The number of carbonyl (C=O) groups is 1. The Kier molecular flexibility index (Phi) is 4.83. The highest BCUT2D eigenvalue weighted by Gasteiger charge is 2.28. The summed E-state index contributed by atoms with van der Waals surface area (Å²) >= 11 is 0. The molecule has 7 nitrogen and oxygen atoms in total. The summed E-state index contributed by atoms with van der Waals surface area (Å²) < 4.78 is 6.97. The number of fused-ring (bicyclic) bond motifs is 1. The molecule has 1 aromatic carbocycles. The highest BCUT2D eigenvalue weighted by atomic mass is 16.6. The Balaban J connectivity index is 1.80. The van der Waals surface area contributed by atoms with Crippen LogP contribution in [-0.4, -0.2) is 27.3 Å². The van der Waals surface area contributed by atoms with Crippen molar-refractivity contribution in [2.24, 2.45) is 5.92 Å². The van der Waals surface area contributed by atoms with Crippen molar-refractivity contribution in [1.82, 2.24) is 9.78 Å². The number of rotatable bonds is 5. The lowest BCUT2D eigenvalue weighted by molar-refractivity contribution is -0.384. The summed E-state index contributed by atoms with van der Waals surface area (Å²) in [4.78, 5) is 22.6. The van der Waals surface area contributed by atoms with Crippen molar-refractivity contribution >= 4 is 28.6 Å². The number of nitro benzene ring substituents is 1. The van der Waals surface area contributed by atoms with Gasteiger partial charge in [0.05, 0.1) is 34.6 Å². The van der Waals surface area contributed by atoms with Gasteiger partial charge in [-0.25, -0.2) is 0 Å². The predicted molar refractivity (Wildman–Crippen MR) is 94.1 cm³/mol. The molecule has 3 rings (SSSR count). The lowest BCUT2D eigenvalue weighted by Crippen LogP contribution is -2.25. The van der Waals surface area contributed by atoms with Gasteiger partial charge in [0.2, 0.25) is 0 Å². The minimum Gasteiger partial charge on any atom is -0.466 e. The van der Waals surface area contributed by atoms with Gasteiger partial charge in [-0.1, -0.05) is 12.7 Å². The van der Waals surface area contributed by atoms with Gasteiger partial charge < -0.3 is 4.74 Å². The molecule has 0 spiro atoms. The van der Waals surface area contributed by atoms with E-state index in [1.165, 1.54) is 6.08 Å². The second-order valence-electron chi connectivity index (χ2n) is 6.30. The molecular weight excluding hydrogens is 322 g/mol. The molecule has 0 aliphatic heterocycles. The molecule has 0 bridgehead atoms. The molecule has 0 atom stereocenters. The van der Waals surface area contributed by atoms with Crippen LogP contribution in [0, 0.1) is 16.0 Å². The molecule has 0 unspecified atom stereocenters. The Morgan fingerprint density at radius 3 is 2.76 bits per heavy atom. The maximum absolute atomic E-state index is 11.8. The molecular formula is C18H21N3O4. The fourth-order valence-electron chi connectivity index (χ4n) is 3.44. The Morgan fingerprint density at radius 2 is 2.16 bits per heavy atom. The first-order chi connectivity index (χ1) is 12.0. The average Bonchev–Trinajstić information content (AvgIpc) is 3.03. The number of aromatic nitrogens is 2. The molecule has 0 radical (unpaired) electrons. The number of nitrogens with zero attached hydrogens (tertiary/aromatic N) is 3. The molecule has 25 heavy (non-hydrogen) atoms. The van der Waals surface area contributed by atoms with Crippen LogP contribution in [0.4, 0.5) is 5.69 Å². The lowest BCUT2D eigenvalue weighted by atomic mass is 9.86. The van der Waals surface area contributed by atoms with Gasteiger partial charge in [0.15, 0.2) is 0 Å². The molecule has 1 saturated carbocycles. The van der Waals surface area contributed by atoms with E-state index in [0.29, 0.717) is 17.7 Å². The summed E-state index contributed by atoms with van der Waals surface area (Å²) in [5.41, 5.74) is 1.22. The zero-order valence-corrected chi connectivity index (χ0v) is 14.2. The third kappa shape index (κ3) is 3.40. The van der Waals surface area contributed by atoms with E-state index in [1.807, 2.05) is 17.8 Å². The number of nitro groups is 1. The van der Waals surface area contributed by atoms with Crippen molar-refractivity contribution in [3.05, 3.63) is 40.6 Å². The van der Waals surface area contributed by atoms with Gasteiger partial charge in [-0.15, -0.1) is 0 Å². The lowest BCUT2D eigenvalue weighted by Gasteiger charge is -2.27. The minimum atomic E-state index is -0.404. The smallest absolute Gasteiger partial charge is 0.308 e.